The number of alkyl halides is 3. The number of carbonyl (C=O) groups excluding carboxylic acids is 2. The largest absolute Gasteiger partial charge is 0.444 e. The van der Waals surface area contributed by atoms with Crippen LogP contribution in [0.25, 0.3) is 0 Å². The Morgan fingerprint density at radius 3 is 2.23 bits per heavy atom. The maximum Gasteiger partial charge on any atom is 0.417 e. The molecule has 0 radical (unpaired) electrons. The number of hydrogen-bond donors (Lipinski definition) is 1. The molecular weight excluding hydrogens is 429 g/mol. The first-order valence-electron chi connectivity index (χ1n) is 10.3. The van der Waals surface area contributed by atoms with Gasteiger partial charge in [0.15, 0.2) is 0 Å². The van der Waals surface area contributed by atoms with Gasteiger partial charge in [0.1, 0.15) is 5.60 Å². The van der Waals surface area contributed by atoms with Crippen LogP contribution in [-0.4, -0.2) is 46.9 Å². The number of likely N-dealkylation sites (tertiary alicyclic amines) is 1. The molecule has 3 rings (SSSR count). The minimum Gasteiger partial charge on any atom is -0.444 e. The molecule has 1 aromatic carbocycles. The van der Waals surface area contributed by atoms with Gasteiger partial charge in [-0.3, -0.25) is 4.79 Å². The summed E-state index contributed by atoms with van der Waals surface area (Å²) in [7, 11) is 0. The summed E-state index contributed by atoms with van der Waals surface area (Å²) in [6.45, 7) is 10.0. The lowest BCUT2D eigenvalue weighted by atomic mass is 10.1. The van der Waals surface area contributed by atoms with E-state index < -0.39 is 22.9 Å². The maximum absolute atomic E-state index is 13.2. The molecule has 1 N–H and O–H groups in total. The van der Waals surface area contributed by atoms with E-state index >= 15 is 0 Å². The van der Waals surface area contributed by atoms with Crippen molar-refractivity contribution in [3.05, 3.63) is 29.8 Å². The second-order valence-electron chi connectivity index (χ2n) is 9.89. The molecule has 2 fully saturated rings. The van der Waals surface area contributed by atoms with Crippen LogP contribution in [0.1, 0.15) is 40.2 Å². The Morgan fingerprint density at radius 2 is 1.68 bits per heavy atom. The van der Waals surface area contributed by atoms with E-state index in [1.807, 2.05) is 20.8 Å². The van der Waals surface area contributed by atoms with Gasteiger partial charge >= 0.3 is 12.3 Å². The van der Waals surface area contributed by atoms with Gasteiger partial charge in [0.25, 0.3) is 0 Å². The number of piperidine rings is 1. The van der Waals surface area contributed by atoms with E-state index in [2.05, 4.69) is 5.32 Å². The number of carbonyl (C=O) groups is 2. The van der Waals surface area contributed by atoms with Crippen LogP contribution in [0.2, 0.25) is 0 Å². The molecule has 2 amide bonds. The molecule has 5 nitrogen and oxygen atoms in total. The van der Waals surface area contributed by atoms with Gasteiger partial charge in [-0.1, -0.05) is 12.1 Å². The lowest BCUT2D eigenvalue weighted by Gasteiger charge is -2.28. The second-order valence-corrected chi connectivity index (χ2v) is 10.9. The van der Waals surface area contributed by atoms with Gasteiger partial charge in [0.05, 0.1) is 5.56 Å². The summed E-state index contributed by atoms with van der Waals surface area (Å²) in [5.74, 6) is 0.264. The van der Waals surface area contributed by atoms with Crippen LogP contribution >= 0.6 is 11.8 Å². The molecule has 9 heteroatoms. The van der Waals surface area contributed by atoms with Crippen molar-refractivity contribution in [2.45, 2.75) is 56.8 Å². The Balaban J connectivity index is 1.51. The zero-order valence-corrected chi connectivity index (χ0v) is 19.2. The number of fused-ring (bicyclic) bond motifs is 1. The summed E-state index contributed by atoms with van der Waals surface area (Å²) < 4.78 is 44.9. The quantitative estimate of drug-likeness (QED) is 0.644. The molecule has 31 heavy (non-hydrogen) atoms. The summed E-state index contributed by atoms with van der Waals surface area (Å²) in [5.41, 5.74) is -1.91. The molecule has 3 atom stereocenters. The van der Waals surface area contributed by atoms with Crippen molar-refractivity contribution < 1.29 is 27.5 Å². The van der Waals surface area contributed by atoms with Crippen molar-refractivity contribution in [3.8, 4) is 0 Å². The fraction of sp³-hybridized carbons (Fsp3) is 0.636. The zero-order chi connectivity index (χ0) is 23.2. The van der Waals surface area contributed by atoms with Crippen molar-refractivity contribution in [2.75, 3.05) is 18.8 Å². The molecule has 172 valence electrons. The van der Waals surface area contributed by atoms with Gasteiger partial charge in [0, 0.05) is 35.2 Å². The number of amides is 2. The van der Waals surface area contributed by atoms with Crippen molar-refractivity contribution in [3.63, 3.8) is 0 Å². The fourth-order valence-electron chi connectivity index (χ4n) is 3.93. The SMILES string of the molecule is CC(C)(CSc1ccccc1C(F)(F)F)NC(=O)C1[C@H]2CN(C(=O)OC(C)(C)C)C[C@@H]12. The molecule has 1 heterocycles. The molecule has 1 aromatic rings. The minimum atomic E-state index is -4.41. The predicted molar refractivity (Wildman–Crippen MR) is 113 cm³/mol. The molecular formula is C22H29F3N2O3S. The molecule has 1 saturated carbocycles. The lowest BCUT2D eigenvalue weighted by Crippen LogP contribution is -2.47. The molecule has 0 bridgehead atoms. The second kappa shape index (κ2) is 8.22. The molecule has 1 saturated heterocycles. The average Bonchev–Trinajstić information content (AvgIpc) is 3.12. The highest BCUT2D eigenvalue weighted by Crippen LogP contribution is 2.52. The molecule has 0 spiro atoms. The Morgan fingerprint density at radius 1 is 1.10 bits per heavy atom. The number of hydrogen-bond acceptors (Lipinski definition) is 4. The third-order valence-electron chi connectivity index (χ3n) is 5.39. The van der Waals surface area contributed by atoms with E-state index in [0.29, 0.717) is 18.8 Å². The average molecular weight is 459 g/mol. The highest BCUT2D eigenvalue weighted by Gasteiger charge is 2.61. The first-order valence-corrected chi connectivity index (χ1v) is 11.3. The van der Waals surface area contributed by atoms with Crippen LogP contribution in [0.15, 0.2) is 29.2 Å². The van der Waals surface area contributed by atoms with Gasteiger partial charge in [-0.25, -0.2) is 4.79 Å². The standard InChI is InChI=1S/C22H29F3N2O3S/c1-20(2,3)30-19(29)27-10-13-14(11-27)17(13)18(28)26-21(4,5)12-31-16-9-7-6-8-15(16)22(23,24)25/h6-9,13-14,17H,10-12H2,1-5H3,(H,26,28)/t13-,14+,17?. The monoisotopic (exact) mass is 458 g/mol. The van der Waals surface area contributed by atoms with Crippen molar-refractivity contribution in [2.24, 2.45) is 17.8 Å². The van der Waals surface area contributed by atoms with Crippen LogP contribution in [0.5, 0.6) is 0 Å². The molecule has 1 aliphatic carbocycles. The van der Waals surface area contributed by atoms with E-state index in [9.17, 15) is 22.8 Å². The summed E-state index contributed by atoms with van der Waals surface area (Å²) in [4.78, 5) is 26.7. The number of ether oxygens (including phenoxy) is 1. The van der Waals surface area contributed by atoms with Gasteiger partial charge in [-0.15, -0.1) is 11.8 Å². The first-order chi connectivity index (χ1) is 14.2. The van der Waals surface area contributed by atoms with Crippen LogP contribution in [0.4, 0.5) is 18.0 Å². The smallest absolute Gasteiger partial charge is 0.417 e. The number of benzene rings is 1. The van der Waals surface area contributed by atoms with Gasteiger partial charge in [-0.05, 0) is 58.6 Å². The van der Waals surface area contributed by atoms with E-state index in [4.69, 9.17) is 4.74 Å². The molecule has 1 unspecified atom stereocenters. The van der Waals surface area contributed by atoms with Crippen LogP contribution in [0.3, 0.4) is 0 Å². The zero-order valence-electron chi connectivity index (χ0n) is 18.4. The minimum absolute atomic E-state index is 0.103. The Kier molecular flexibility index (Phi) is 6.30. The van der Waals surface area contributed by atoms with Crippen molar-refractivity contribution >= 4 is 23.8 Å². The number of halogens is 3. The fourth-order valence-corrected chi connectivity index (χ4v) is 5.03. The number of nitrogens with zero attached hydrogens (tertiary/aromatic N) is 1. The lowest BCUT2D eigenvalue weighted by molar-refractivity contribution is -0.139. The normalized spacial score (nSPS) is 23.4. The van der Waals surface area contributed by atoms with Crippen LogP contribution < -0.4 is 5.32 Å². The Hall–Kier alpha value is -1.90. The number of thioether (sulfide) groups is 1. The third-order valence-corrected chi connectivity index (χ3v) is 6.92. The van der Waals surface area contributed by atoms with Crippen LogP contribution in [-0.2, 0) is 15.7 Å². The van der Waals surface area contributed by atoms with Gasteiger partial charge in [0.2, 0.25) is 5.91 Å². The van der Waals surface area contributed by atoms with Crippen LogP contribution in [0, 0.1) is 17.8 Å². The molecule has 1 aliphatic heterocycles. The number of nitrogens with one attached hydrogen (secondary N) is 1. The van der Waals surface area contributed by atoms with Gasteiger partial charge in [-0.2, -0.15) is 13.2 Å². The molecule has 2 aliphatic rings. The van der Waals surface area contributed by atoms with Crippen molar-refractivity contribution in [1.29, 1.82) is 0 Å². The summed E-state index contributed by atoms with van der Waals surface area (Å²) in [6.07, 6.45) is -4.78. The Labute approximate surface area is 185 Å². The summed E-state index contributed by atoms with van der Waals surface area (Å²) in [6, 6.07) is 5.45. The maximum atomic E-state index is 13.2. The van der Waals surface area contributed by atoms with E-state index in [-0.39, 0.29) is 34.6 Å². The van der Waals surface area contributed by atoms with E-state index in [1.54, 1.807) is 24.8 Å². The van der Waals surface area contributed by atoms with Gasteiger partial charge < -0.3 is 15.0 Å². The topological polar surface area (TPSA) is 58.6 Å². The predicted octanol–water partition coefficient (Wildman–Crippen LogP) is 4.81. The van der Waals surface area contributed by atoms with E-state index in [0.717, 1.165) is 17.8 Å². The number of rotatable bonds is 5. The summed E-state index contributed by atoms with van der Waals surface area (Å²) in [5, 5.41) is 2.98. The van der Waals surface area contributed by atoms with E-state index in [1.165, 1.54) is 12.1 Å². The Bertz CT molecular complexity index is 839. The van der Waals surface area contributed by atoms with Crippen molar-refractivity contribution in [1.82, 2.24) is 10.2 Å². The molecule has 0 aromatic heterocycles. The highest BCUT2D eigenvalue weighted by atomic mass is 32.2. The first kappa shape index (κ1) is 23.8. The highest BCUT2D eigenvalue weighted by molar-refractivity contribution is 7.99. The third kappa shape index (κ3) is 5.87. The summed E-state index contributed by atoms with van der Waals surface area (Å²) >= 11 is 1.08.